The minimum Gasteiger partial charge on any atom is -0.264 e. The maximum Gasteiger partial charge on any atom is 0.220 e. The van der Waals surface area contributed by atoms with Gasteiger partial charge in [0.15, 0.2) is 0 Å². The number of hydrogen-bond acceptors (Lipinski definition) is 3. The molecule has 0 N–H and O–H groups in total. The first-order chi connectivity index (χ1) is 7.50. The van der Waals surface area contributed by atoms with Crippen molar-refractivity contribution in [1.82, 2.24) is 0 Å². The van der Waals surface area contributed by atoms with Gasteiger partial charge in [-0.3, -0.25) is 10.1 Å². The van der Waals surface area contributed by atoms with Gasteiger partial charge in [0.05, 0.1) is 0 Å². The summed E-state index contributed by atoms with van der Waals surface area (Å²) in [6.07, 6.45) is 0.476. The number of benzene rings is 1. The van der Waals surface area contributed by atoms with Gasteiger partial charge < -0.3 is 0 Å². The van der Waals surface area contributed by atoms with Crippen molar-refractivity contribution < 1.29 is 4.92 Å². The van der Waals surface area contributed by atoms with E-state index in [1.807, 2.05) is 29.6 Å². The van der Waals surface area contributed by atoms with Gasteiger partial charge in [0.25, 0.3) is 0 Å². The Balaban J connectivity index is 2.38. The van der Waals surface area contributed by atoms with Crippen LogP contribution in [0, 0.1) is 10.1 Å². The molecule has 0 saturated heterocycles. The first-order valence-electron chi connectivity index (χ1n) is 5.10. The van der Waals surface area contributed by atoms with Crippen LogP contribution in [0.1, 0.15) is 19.4 Å². The molecule has 0 radical (unpaired) electrons. The molecule has 0 fully saturated rings. The minimum absolute atomic E-state index is 0.209. The standard InChI is InChI=1S/C12H13NO2S/c1-12(2,13(14)15)7-9-8-16-11-6-4-3-5-10(9)11/h3-6,8H,7H2,1-2H3. The normalized spacial score (nSPS) is 11.9. The van der Waals surface area contributed by atoms with Crippen LogP contribution in [-0.2, 0) is 6.42 Å². The van der Waals surface area contributed by atoms with E-state index in [4.69, 9.17) is 0 Å². The van der Waals surface area contributed by atoms with Crippen molar-refractivity contribution in [3.05, 3.63) is 45.3 Å². The topological polar surface area (TPSA) is 43.1 Å². The van der Waals surface area contributed by atoms with E-state index in [1.54, 1.807) is 25.2 Å². The van der Waals surface area contributed by atoms with Crippen LogP contribution in [0.3, 0.4) is 0 Å². The molecule has 1 aromatic heterocycles. The molecule has 0 saturated carbocycles. The number of fused-ring (bicyclic) bond motifs is 1. The van der Waals surface area contributed by atoms with Crippen LogP contribution in [0.15, 0.2) is 29.6 Å². The van der Waals surface area contributed by atoms with E-state index < -0.39 is 5.54 Å². The molecule has 3 nitrogen and oxygen atoms in total. The average Bonchev–Trinajstić information content (AvgIpc) is 2.61. The number of rotatable bonds is 3. The molecule has 1 aromatic carbocycles. The fourth-order valence-corrected chi connectivity index (χ4v) is 2.66. The Morgan fingerprint density at radius 2 is 2.06 bits per heavy atom. The molecule has 1 heterocycles. The molecule has 2 aromatic rings. The van der Waals surface area contributed by atoms with E-state index >= 15 is 0 Å². The summed E-state index contributed by atoms with van der Waals surface area (Å²) in [4.78, 5) is 10.7. The summed E-state index contributed by atoms with van der Waals surface area (Å²) >= 11 is 1.64. The van der Waals surface area contributed by atoms with Gasteiger partial charge in [-0.05, 0) is 22.4 Å². The van der Waals surface area contributed by atoms with Gasteiger partial charge in [0.2, 0.25) is 5.54 Å². The van der Waals surface area contributed by atoms with E-state index in [0.717, 1.165) is 10.9 Å². The zero-order valence-corrected chi connectivity index (χ0v) is 10.1. The molecule has 0 spiro atoms. The fourth-order valence-electron chi connectivity index (χ4n) is 1.70. The zero-order valence-electron chi connectivity index (χ0n) is 9.27. The number of hydrogen-bond donors (Lipinski definition) is 0. The van der Waals surface area contributed by atoms with Gasteiger partial charge in [-0.25, -0.2) is 0 Å². The summed E-state index contributed by atoms with van der Waals surface area (Å²) in [7, 11) is 0. The lowest BCUT2D eigenvalue weighted by molar-refractivity contribution is -0.560. The van der Waals surface area contributed by atoms with Crippen LogP contribution in [0.25, 0.3) is 10.1 Å². The van der Waals surface area contributed by atoms with Crippen LogP contribution < -0.4 is 0 Å². The Morgan fingerprint density at radius 3 is 2.75 bits per heavy atom. The third-order valence-electron chi connectivity index (χ3n) is 2.68. The maximum atomic E-state index is 10.9. The van der Waals surface area contributed by atoms with E-state index in [2.05, 4.69) is 0 Å². The van der Waals surface area contributed by atoms with Crippen LogP contribution in [0.4, 0.5) is 0 Å². The summed E-state index contributed by atoms with van der Waals surface area (Å²) < 4.78 is 1.19. The highest BCUT2D eigenvalue weighted by molar-refractivity contribution is 7.17. The van der Waals surface area contributed by atoms with Gasteiger partial charge in [-0.1, -0.05) is 18.2 Å². The Bertz CT molecular complexity index is 531. The SMILES string of the molecule is CC(C)(Cc1csc2ccccc12)[N+](=O)[O-]. The van der Waals surface area contributed by atoms with Crippen molar-refractivity contribution in [2.24, 2.45) is 0 Å². The second-order valence-electron chi connectivity index (χ2n) is 4.50. The summed E-state index contributed by atoms with van der Waals surface area (Å²) in [6, 6.07) is 8.03. The van der Waals surface area contributed by atoms with E-state index in [1.165, 1.54) is 4.70 Å². The first-order valence-corrected chi connectivity index (χ1v) is 5.98. The molecule has 16 heavy (non-hydrogen) atoms. The Labute approximate surface area is 97.9 Å². The Hall–Kier alpha value is -1.42. The van der Waals surface area contributed by atoms with Crippen LogP contribution >= 0.6 is 11.3 Å². The third-order valence-corrected chi connectivity index (χ3v) is 3.69. The van der Waals surface area contributed by atoms with Gasteiger partial charge in [0.1, 0.15) is 0 Å². The molecule has 0 unspecified atom stereocenters. The van der Waals surface area contributed by atoms with Crippen LogP contribution in [0.2, 0.25) is 0 Å². The quantitative estimate of drug-likeness (QED) is 0.603. The van der Waals surface area contributed by atoms with Crippen molar-refractivity contribution in [2.45, 2.75) is 25.8 Å². The van der Waals surface area contributed by atoms with Crippen molar-refractivity contribution >= 4 is 21.4 Å². The van der Waals surface area contributed by atoms with Gasteiger partial charge in [0, 0.05) is 29.9 Å². The molecule has 84 valence electrons. The lowest BCUT2D eigenvalue weighted by Crippen LogP contribution is -2.33. The molecule has 0 amide bonds. The molecule has 0 aliphatic heterocycles. The predicted octanol–water partition coefficient (Wildman–Crippen LogP) is 3.50. The zero-order chi connectivity index (χ0) is 11.8. The average molecular weight is 235 g/mol. The Kier molecular flexibility index (Phi) is 2.68. The monoisotopic (exact) mass is 235 g/mol. The van der Waals surface area contributed by atoms with E-state index in [9.17, 15) is 10.1 Å². The van der Waals surface area contributed by atoms with Crippen molar-refractivity contribution in [3.8, 4) is 0 Å². The summed E-state index contributed by atoms with van der Waals surface area (Å²) in [5.41, 5.74) is 0.173. The smallest absolute Gasteiger partial charge is 0.220 e. The van der Waals surface area contributed by atoms with Gasteiger partial charge >= 0.3 is 0 Å². The van der Waals surface area contributed by atoms with Gasteiger partial charge in [-0.15, -0.1) is 11.3 Å². The highest BCUT2D eigenvalue weighted by Crippen LogP contribution is 2.29. The molecule has 0 bridgehead atoms. The largest absolute Gasteiger partial charge is 0.264 e. The lowest BCUT2D eigenvalue weighted by Gasteiger charge is -2.14. The maximum absolute atomic E-state index is 10.9. The second kappa shape index (κ2) is 3.87. The number of nitrogens with zero attached hydrogens (tertiary/aromatic N) is 1. The summed E-state index contributed by atoms with van der Waals surface area (Å²) in [5, 5.41) is 14.1. The fraction of sp³-hybridized carbons (Fsp3) is 0.333. The summed E-state index contributed by atoms with van der Waals surface area (Å²) in [5.74, 6) is 0. The highest BCUT2D eigenvalue weighted by atomic mass is 32.1. The predicted molar refractivity (Wildman–Crippen MR) is 66.6 cm³/mol. The van der Waals surface area contributed by atoms with E-state index in [0.29, 0.717) is 6.42 Å². The van der Waals surface area contributed by atoms with E-state index in [-0.39, 0.29) is 4.92 Å². The Morgan fingerprint density at radius 1 is 1.38 bits per heavy atom. The molecule has 0 aliphatic carbocycles. The third kappa shape index (κ3) is 1.93. The second-order valence-corrected chi connectivity index (χ2v) is 5.41. The van der Waals surface area contributed by atoms with Crippen LogP contribution in [0.5, 0.6) is 0 Å². The number of thiophene rings is 1. The van der Waals surface area contributed by atoms with Crippen molar-refractivity contribution in [1.29, 1.82) is 0 Å². The molecule has 0 aliphatic rings. The number of nitro groups is 1. The van der Waals surface area contributed by atoms with Crippen molar-refractivity contribution in [2.75, 3.05) is 0 Å². The molecule has 0 atom stereocenters. The molecular formula is C12H13NO2S. The van der Waals surface area contributed by atoms with Crippen LogP contribution in [-0.4, -0.2) is 10.5 Å². The highest BCUT2D eigenvalue weighted by Gasteiger charge is 2.31. The first kappa shape index (κ1) is 11.1. The molecular weight excluding hydrogens is 222 g/mol. The molecule has 4 heteroatoms. The van der Waals surface area contributed by atoms with Gasteiger partial charge in [-0.2, -0.15) is 0 Å². The lowest BCUT2D eigenvalue weighted by atomic mass is 9.95. The molecule has 2 rings (SSSR count). The minimum atomic E-state index is -0.899. The summed E-state index contributed by atoms with van der Waals surface area (Å²) in [6.45, 7) is 3.33. The van der Waals surface area contributed by atoms with Crippen molar-refractivity contribution in [3.63, 3.8) is 0 Å².